The van der Waals surface area contributed by atoms with Gasteiger partial charge in [0.15, 0.2) is 0 Å². The second-order valence-corrected chi connectivity index (χ2v) is 7.46. The Labute approximate surface area is 149 Å². The highest BCUT2D eigenvalue weighted by Gasteiger charge is 2.29. The fourth-order valence-corrected chi connectivity index (χ4v) is 4.84. The van der Waals surface area contributed by atoms with Crippen molar-refractivity contribution in [2.24, 2.45) is 0 Å². The molecule has 25 heavy (non-hydrogen) atoms. The zero-order valence-electron chi connectivity index (χ0n) is 14.1. The predicted molar refractivity (Wildman–Crippen MR) is 102 cm³/mol. The monoisotopic (exact) mass is 350 g/mol. The van der Waals surface area contributed by atoms with E-state index in [1.807, 2.05) is 30.3 Å². The third-order valence-corrected chi connectivity index (χ3v) is 6.00. The average Bonchev–Trinajstić information content (AvgIpc) is 2.90. The first-order chi connectivity index (χ1) is 12.0. The van der Waals surface area contributed by atoms with Gasteiger partial charge in [-0.25, -0.2) is 0 Å². The number of hydrogen-bond donors (Lipinski definition) is 2. The van der Waals surface area contributed by atoms with Gasteiger partial charge in [0.05, 0.1) is 0 Å². The van der Waals surface area contributed by atoms with Crippen LogP contribution in [0, 0.1) is 6.92 Å². The second kappa shape index (κ2) is 6.01. The summed E-state index contributed by atoms with van der Waals surface area (Å²) < 4.78 is 1.25. The van der Waals surface area contributed by atoms with Crippen LogP contribution in [0.2, 0.25) is 0 Å². The summed E-state index contributed by atoms with van der Waals surface area (Å²) in [4.78, 5) is 24.8. The zero-order valence-corrected chi connectivity index (χ0v) is 14.9. The van der Waals surface area contributed by atoms with E-state index in [1.165, 1.54) is 27.5 Å². The Morgan fingerprint density at radius 2 is 2.04 bits per heavy atom. The molecule has 1 aliphatic rings. The smallest absolute Gasteiger partial charge is 0.225 e. The molecule has 0 spiro atoms. The minimum absolute atomic E-state index is 0.00864. The van der Waals surface area contributed by atoms with Crippen LogP contribution in [0.25, 0.3) is 10.1 Å². The van der Waals surface area contributed by atoms with E-state index in [0.717, 1.165) is 11.3 Å². The topological polar surface area (TPSA) is 58.2 Å². The molecule has 0 bridgehead atoms. The third kappa shape index (κ3) is 2.81. The Morgan fingerprint density at radius 3 is 2.80 bits per heavy atom. The summed E-state index contributed by atoms with van der Waals surface area (Å²) in [6, 6.07) is 14.1. The van der Waals surface area contributed by atoms with Crippen molar-refractivity contribution in [2.45, 2.75) is 26.2 Å². The number of nitrogens with one attached hydrogen (secondary N) is 2. The fourth-order valence-electron chi connectivity index (χ4n) is 3.51. The molecule has 0 saturated carbocycles. The van der Waals surface area contributed by atoms with E-state index in [1.54, 1.807) is 11.3 Å². The second-order valence-electron chi connectivity index (χ2n) is 6.38. The molecule has 1 atom stereocenters. The molecule has 4 rings (SSSR count). The Hall–Kier alpha value is -2.66. The molecular weight excluding hydrogens is 332 g/mol. The number of rotatable bonds is 2. The molecule has 0 radical (unpaired) electrons. The summed E-state index contributed by atoms with van der Waals surface area (Å²) in [5, 5.41) is 6.96. The zero-order chi connectivity index (χ0) is 17.6. The predicted octanol–water partition coefficient (Wildman–Crippen LogP) is 4.64. The van der Waals surface area contributed by atoms with Crippen LogP contribution in [0.4, 0.5) is 11.4 Å². The lowest BCUT2D eigenvalue weighted by Gasteiger charge is -2.26. The maximum absolute atomic E-state index is 12.3. The maximum Gasteiger partial charge on any atom is 0.225 e. The molecule has 1 aromatic heterocycles. The van der Waals surface area contributed by atoms with Crippen LogP contribution in [0.5, 0.6) is 0 Å². The maximum atomic E-state index is 12.3. The van der Waals surface area contributed by atoms with Crippen molar-refractivity contribution in [1.29, 1.82) is 0 Å². The van der Waals surface area contributed by atoms with Gasteiger partial charge in [-0.3, -0.25) is 9.59 Å². The quantitative estimate of drug-likeness (QED) is 0.707. The highest BCUT2D eigenvalue weighted by atomic mass is 32.1. The highest BCUT2D eigenvalue weighted by Crippen LogP contribution is 2.44. The van der Waals surface area contributed by atoms with Gasteiger partial charge in [0.2, 0.25) is 11.8 Å². The van der Waals surface area contributed by atoms with Gasteiger partial charge < -0.3 is 10.6 Å². The standard InChI is InChI=1S/C20H18N2O2S/c1-11-14-5-3-4-6-18(14)25-20(11)16-10-19(24)22-17-9-13(21-12(2)23)7-8-15(16)17/h3-9,16H,10H2,1-2H3,(H,21,23)(H,22,24)/t16-/m0/s1. The molecule has 0 fully saturated rings. The van der Waals surface area contributed by atoms with Crippen molar-refractivity contribution in [3.63, 3.8) is 0 Å². The molecule has 3 aromatic rings. The van der Waals surface area contributed by atoms with Gasteiger partial charge in [0.25, 0.3) is 0 Å². The number of thiophene rings is 1. The lowest BCUT2D eigenvalue weighted by molar-refractivity contribution is -0.116. The van der Waals surface area contributed by atoms with Crippen molar-refractivity contribution < 1.29 is 9.59 Å². The van der Waals surface area contributed by atoms with Gasteiger partial charge in [0, 0.05) is 40.2 Å². The van der Waals surface area contributed by atoms with Gasteiger partial charge >= 0.3 is 0 Å². The van der Waals surface area contributed by atoms with E-state index >= 15 is 0 Å². The van der Waals surface area contributed by atoms with Crippen LogP contribution in [0.3, 0.4) is 0 Å². The molecular formula is C20H18N2O2S. The Balaban J connectivity index is 1.82. The summed E-state index contributed by atoms with van der Waals surface area (Å²) in [6.07, 6.45) is 0.445. The van der Waals surface area contributed by atoms with E-state index < -0.39 is 0 Å². The Morgan fingerprint density at radius 1 is 1.24 bits per heavy atom. The molecule has 0 unspecified atom stereocenters. The summed E-state index contributed by atoms with van der Waals surface area (Å²) in [5.74, 6) is -0.0687. The first-order valence-corrected chi connectivity index (χ1v) is 9.04. The summed E-state index contributed by atoms with van der Waals surface area (Å²) in [5.41, 5.74) is 3.82. The highest BCUT2D eigenvalue weighted by molar-refractivity contribution is 7.19. The van der Waals surface area contributed by atoms with Crippen molar-refractivity contribution >= 4 is 44.6 Å². The molecule has 2 N–H and O–H groups in total. The van der Waals surface area contributed by atoms with E-state index in [0.29, 0.717) is 12.1 Å². The molecule has 126 valence electrons. The minimum Gasteiger partial charge on any atom is -0.326 e. The summed E-state index contributed by atoms with van der Waals surface area (Å²) >= 11 is 1.76. The van der Waals surface area contributed by atoms with E-state index in [4.69, 9.17) is 0 Å². The van der Waals surface area contributed by atoms with Crippen LogP contribution in [0.1, 0.15) is 35.3 Å². The number of carbonyl (C=O) groups excluding carboxylic acids is 2. The number of amides is 2. The first-order valence-electron chi connectivity index (χ1n) is 8.22. The minimum atomic E-state index is -0.126. The van der Waals surface area contributed by atoms with Crippen molar-refractivity contribution in [1.82, 2.24) is 0 Å². The van der Waals surface area contributed by atoms with Crippen LogP contribution < -0.4 is 10.6 Å². The number of aryl methyl sites for hydroxylation is 1. The van der Waals surface area contributed by atoms with Gasteiger partial charge in [-0.1, -0.05) is 24.3 Å². The van der Waals surface area contributed by atoms with Crippen molar-refractivity contribution in [3.05, 3.63) is 58.5 Å². The number of benzene rings is 2. The fraction of sp³-hybridized carbons (Fsp3) is 0.200. The van der Waals surface area contributed by atoms with Gasteiger partial charge in [-0.2, -0.15) is 0 Å². The normalized spacial score (nSPS) is 16.4. The molecule has 2 amide bonds. The van der Waals surface area contributed by atoms with Gasteiger partial charge in [-0.15, -0.1) is 11.3 Å². The number of anilines is 2. The molecule has 1 aliphatic heterocycles. The molecule has 2 aromatic carbocycles. The number of fused-ring (bicyclic) bond motifs is 2. The average molecular weight is 350 g/mol. The van der Waals surface area contributed by atoms with Gasteiger partial charge in [-0.05, 0) is 41.6 Å². The summed E-state index contributed by atoms with van der Waals surface area (Å²) in [7, 11) is 0. The van der Waals surface area contributed by atoms with E-state index in [-0.39, 0.29) is 17.7 Å². The van der Waals surface area contributed by atoms with Gasteiger partial charge in [0.1, 0.15) is 0 Å². The van der Waals surface area contributed by atoms with Crippen LogP contribution in [-0.4, -0.2) is 11.8 Å². The van der Waals surface area contributed by atoms with E-state index in [2.05, 4.69) is 29.7 Å². The van der Waals surface area contributed by atoms with Crippen LogP contribution in [0.15, 0.2) is 42.5 Å². The molecule has 5 heteroatoms. The van der Waals surface area contributed by atoms with Crippen LogP contribution in [-0.2, 0) is 9.59 Å². The van der Waals surface area contributed by atoms with Crippen LogP contribution >= 0.6 is 11.3 Å². The van der Waals surface area contributed by atoms with E-state index in [9.17, 15) is 9.59 Å². The summed E-state index contributed by atoms with van der Waals surface area (Å²) in [6.45, 7) is 3.60. The molecule has 0 saturated heterocycles. The lowest BCUT2D eigenvalue weighted by atomic mass is 9.87. The molecule has 2 heterocycles. The third-order valence-electron chi connectivity index (χ3n) is 4.61. The number of carbonyl (C=O) groups is 2. The first kappa shape index (κ1) is 15.8. The van der Waals surface area contributed by atoms with Crippen molar-refractivity contribution in [3.8, 4) is 0 Å². The lowest BCUT2D eigenvalue weighted by Crippen LogP contribution is -2.23. The Bertz CT molecular complexity index is 1010. The SMILES string of the molecule is CC(=O)Nc1ccc2c(c1)NC(=O)C[C@@H]2c1sc2ccccc2c1C. The molecule has 0 aliphatic carbocycles. The Kier molecular flexibility index (Phi) is 3.81. The number of hydrogen-bond acceptors (Lipinski definition) is 3. The largest absolute Gasteiger partial charge is 0.326 e. The van der Waals surface area contributed by atoms with Crippen molar-refractivity contribution in [2.75, 3.05) is 10.6 Å². The molecule has 4 nitrogen and oxygen atoms in total.